The molecular weight excluding hydrogens is 298 g/mol. The molecule has 0 aliphatic heterocycles. The van der Waals surface area contributed by atoms with E-state index in [1.807, 2.05) is 19.1 Å². The lowest BCUT2D eigenvalue weighted by Gasteiger charge is -2.06. The molecule has 2 rings (SSSR count). The van der Waals surface area contributed by atoms with Gasteiger partial charge < -0.3 is 16.2 Å². The molecule has 1 aromatic rings. The van der Waals surface area contributed by atoms with Gasteiger partial charge in [-0.1, -0.05) is 49.3 Å². The van der Waals surface area contributed by atoms with Gasteiger partial charge in [-0.05, 0) is 42.9 Å². The highest BCUT2D eigenvalue weighted by Crippen LogP contribution is 2.33. The SMILES string of the molecule is C/C=C(/C=C/c1cccc(CCC2CC2)c1)NN/C=C\C(=O)NC. The molecule has 1 aromatic carbocycles. The van der Waals surface area contributed by atoms with Crippen LogP contribution in [0, 0.1) is 5.92 Å². The molecule has 0 spiro atoms. The van der Waals surface area contributed by atoms with E-state index in [2.05, 4.69) is 46.5 Å². The summed E-state index contributed by atoms with van der Waals surface area (Å²) in [6.45, 7) is 1.96. The largest absolute Gasteiger partial charge is 0.356 e. The lowest BCUT2D eigenvalue weighted by atomic mass is 10.0. The summed E-state index contributed by atoms with van der Waals surface area (Å²) in [4.78, 5) is 11.1. The van der Waals surface area contributed by atoms with Crippen LogP contribution in [0.25, 0.3) is 6.08 Å². The fourth-order valence-corrected chi connectivity index (χ4v) is 2.35. The van der Waals surface area contributed by atoms with E-state index in [1.165, 1.54) is 42.9 Å². The van der Waals surface area contributed by atoms with E-state index in [9.17, 15) is 4.79 Å². The number of benzene rings is 1. The van der Waals surface area contributed by atoms with E-state index in [-0.39, 0.29) is 5.91 Å². The Labute approximate surface area is 144 Å². The standard InChI is InChI=1S/C20H27N3O/c1-3-19(23-22-14-13-20(24)21-2)12-11-18-6-4-5-17(15-18)10-9-16-7-8-16/h3-6,11-16,22-23H,7-10H2,1-2H3,(H,21,24)/b12-11+,14-13-,19-3-. The Morgan fingerprint density at radius 1 is 1.29 bits per heavy atom. The number of carbonyl (C=O) groups is 1. The molecule has 1 aliphatic carbocycles. The zero-order valence-corrected chi connectivity index (χ0v) is 14.5. The summed E-state index contributed by atoms with van der Waals surface area (Å²) in [5.41, 5.74) is 9.46. The Hall–Kier alpha value is -2.49. The van der Waals surface area contributed by atoms with E-state index >= 15 is 0 Å². The Bertz CT molecular complexity index is 628. The van der Waals surface area contributed by atoms with Crippen LogP contribution in [-0.2, 0) is 11.2 Å². The van der Waals surface area contributed by atoms with Crippen molar-refractivity contribution >= 4 is 12.0 Å². The predicted molar refractivity (Wildman–Crippen MR) is 99.8 cm³/mol. The maximum absolute atomic E-state index is 11.1. The van der Waals surface area contributed by atoms with Crippen molar-refractivity contribution in [2.45, 2.75) is 32.6 Å². The second-order valence-electron chi connectivity index (χ2n) is 6.02. The molecule has 0 aromatic heterocycles. The summed E-state index contributed by atoms with van der Waals surface area (Å²) in [5.74, 6) is 0.821. The van der Waals surface area contributed by atoms with Crippen molar-refractivity contribution in [1.82, 2.24) is 16.2 Å². The van der Waals surface area contributed by atoms with Crippen LogP contribution in [0.5, 0.6) is 0 Å². The molecule has 0 heterocycles. The van der Waals surface area contributed by atoms with E-state index in [0.29, 0.717) is 0 Å². The Morgan fingerprint density at radius 2 is 2.12 bits per heavy atom. The van der Waals surface area contributed by atoms with Gasteiger partial charge in [0.15, 0.2) is 0 Å². The molecule has 1 saturated carbocycles. The number of hydrazine groups is 1. The number of hydrogen-bond donors (Lipinski definition) is 3. The predicted octanol–water partition coefficient (Wildman–Crippen LogP) is 3.30. The highest BCUT2D eigenvalue weighted by atomic mass is 16.1. The van der Waals surface area contributed by atoms with Crippen LogP contribution in [0.15, 0.2) is 54.4 Å². The van der Waals surface area contributed by atoms with Gasteiger partial charge in [0.25, 0.3) is 0 Å². The third kappa shape index (κ3) is 6.73. The van der Waals surface area contributed by atoms with Crippen molar-refractivity contribution in [2.24, 2.45) is 5.92 Å². The van der Waals surface area contributed by atoms with Gasteiger partial charge >= 0.3 is 0 Å². The molecule has 1 aliphatic rings. The van der Waals surface area contributed by atoms with E-state index < -0.39 is 0 Å². The summed E-state index contributed by atoms with van der Waals surface area (Å²) in [5, 5.41) is 2.52. The minimum absolute atomic E-state index is 0.148. The molecule has 0 bridgehead atoms. The van der Waals surface area contributed by atoms with Gasteiger partial charge in [-0.15, -0.1) is 0 Å². The van der Waals surface area contributed by atoms with Crippen molar-refractivity contribution in [3.8, 4) is 0 Å². The van der Waals surface area contributed by atoms with Crippen molar-refractivity contribution in [1.29, 1.82) is 0 Å². The quantitative estimate of drug-likeness (QED) is 0.371. The number of amides is 1. The van der Waals surface area contributed by atoms with Crippen LogP contribution in [0.4, 0.5) is 0 Å². The number of carbonyl (C=O) groups excluding carboxylic acids is 1. The molecule has 24 heavy (non-hydrogen) atoms. The number of allylic oxidation sites excluding steroid dienone is 2. The van der Waals surface area contributed by atoms with Crippen molar-refractivity contribution < 1.29 is 4.79 Å². The van der Waals surface area contributed by atoms with Crippen LogP contribution in [-0.4, -0.2) is 13.0 Å². The molecule has 0 radical (unpaired) electrons. The molecule has 0 unspecified atom stereocenters. The number of likely N-dealkylation sites (N-methyl/N-ethyl adjacent to an activating group) is 1. The van der Waals surface area contributed by atoms with Crippen molar-refractivity contribution in [3.05, 3.63) is 65.5 Å². The average molecular weight is 325 g/mol. The zero-order valence-electron chi connectivity index (χ0n) is 14.5. The molecule has 128 valence electrons. The summed E-state index contributed by atoms with van der Waals surface area (Å²) >= 11 is 0. The summed E-state index contributed by atoms with van der Waals surface area (Å²) in [7, 11) is 1.60. The molecule has 3 N–H and O–H groups in total. The Balaban J connectivity index is 1.84. The molecule has 0 saturated heterocycles. The van der Waals surface area contributed by atoms with E-state index in [1.54, 1.807) is 13.2 Å². The van der Waals surface area contributed by atoms with Crippen LogP contribution in [0.2, 0.25) is 0 Å². The van der Waals surface area contributed by atoms with Gasteiger partial charge in [0.2, 0.25) is 5.91 Å². The normalized spacial score (nSPS) is 15.0. The molecule has 0 atom stereocenters. The highest BCUT2D eigenvalue weighted by Gasteiger charge is 2.20. The maximum Gasteiger partial charge on any atom is 0.245 e. The number of aryl methyl sites for hydroxylation is 1. The van der Waals surface area contributed by atoms with Gasteiger partial charge in [-0.3, -0.25) is 4.79 Å². The lowest BCUT2D eigenvalue weighted by Crippen LogP contribution is -2.26. The maximum atomic E-state index is 11.1. The van der Waals surface area contributed by atoms with Crippen LogP contribution in [0.3, 0.4) is 0 Å². The number of nitrogens with one attached hydrogen (secondary N) is 3. The second-order valence-corrected chi connectivity index (χ2v) is 6.02. The third-order valence-corrected chi connectivity index (χ3v) is 4.04. The van der Waals surface area contributed by atoms with Crippen molar-refractivity contribution in [2.75, 3.05) is 7.05 Å². The summed E-state index contributed by atoms with van der Waals surface area (Å²) < 4.78 is 0. The fourth-order valence-electron chi connectivity index (χ4n) is 2.35. The molecular formula is C20H27N3O. The van der Waals surface area contributed by atoms with E-state index in [0.717, 1.165) is 11.6 Å². The first-order valence-electron chi connectivity index (χ1n) is 8.54. The first-order valence-corrected chi connectivity index (χ1v) is 8.54. The smallest absolute Gasteiger partial charge is 0.245 e. The average Bonchev–Trinajstić information content (AvgIpc) is 3.44. The molecule has 4 heteroatoms. The molecule has 1 fully saturated rings. The molecule has 4 nitrogen and oxygen atoms in total. The first kappa shape index (κ1) is 17.9. The van der Waals surface area contributed by atoms with Gasteiger partial charge in [-0.25, -0.2) is 0 Å². The van der Waals surface area contributed by atoms with Gasteiger partial charge in [0, 0.05) is 25.0 Å². The number of hydrogen-bond acceptors (Lipinski definition) is 3. The fraction of sp³-hybridized carbons (Fsp3) is 0.350. The van der Waals surface area contributed by atoms with Gasteiger partial charge in [0.05, 0.1) is 0 Å². The Morgan fingerprint density at radius 3 is 2.83 bits per heavy atom. The van der Waals surface area contributed by atoms with Crippen LogP contribution in [0.1, 0.15) is 37.3 Å². The van der Waals surface area contributed by atoms with Gasteiger partial charge in [-0.2, -0.15) is 0 Å². The monoisotopic (exact) mass is 325 g/mol. The topological polar surface area (TPSA) is 53.2 Å². The van der Waals surface area contributed by atoms with Crippen LogP contribution >= 0.6 is 0 Å². The summed E-state index contributed by atoms with van der Waals surface area (Å²) in [6.07, 6.45) is 14.4. The minimum Gasteiger partial charge on any atom is -0.356 e. The number of rotatable bonds is 9. The molecule has 1 amide bonds. The highest BCUT2D eigenvalue weighted by molar-refractivity contribution is 5.86. The van der Waals surface area contributed by atoms with Gasteiger partial charge in [0.1, 0.15) is 0 Å². The zero-order chi connectivity index (χ0) is 17.2. The van der Waals surface area contributed by atoms with Crippen molar-refractivity contribution in [3.63, 3.8) is 0 Å². The van der Waals surface area contributed by atoms with Crippen LogP contribution < -0.4 is 16.2 Å². The second kappa shape index (κ2) is 9.60. The minimum atomic E-state index is -0.148. The lowest BCUT2D eigenvalue weighted by molar-refractivity contribution is -0.116. The van der Waals surface area contributed by atoms with E-state index in [4.69, 9.17) is 0 Å². The first-order chi connectivity index (χ1) is 11.7. The third-order valence-electron chi connectivity index (χ3n) is 4.04. The summed E-state index contributed by atoms with van der Waals surface area (Å²) in [6, 6.07) is 8.70. The Kier molecular flexibility index (Phi) is 7.15.